The van der Waals surface area contributed by atoms with E-state index in [2.05, 4.69) is 421 Å². The van der Waals surface area contributed by atoms with Gasteiger partial charge in [-0.3, -0.25) is 0 Å². The summed E-state index contributed by atoms with van der Waals surface area (Å²) in [5, 5.41) is 9.33. The van der Waals surface area contributed by atoms with Gasteiger partial charge < -0.3 is 56.9 Å². The summed E-state index contributed by atoms with van der Waals surface area (Å²) >= 11 is 0. The van der Waals surface area contributed by atoms with E-state index < -0.39 is 0 Å². The number of aryl methyl sites for hydroxylation is 4. The van der Waals surface area contributed by atoms with E-state index in [9.17, 15) is 0 Å². The maximum absolute atomic E-state index is 6.54. The van der Waals surface area contributed by atoms with Gasteiger partial charge in [-0.05, 0) is 212 Å². The summed E-state index contributed by atoms with van der Waals surface area (Å²) in [6, 6.07) is 114. The van der Waals surface area contributed by atoms with E-state index in [4.69, 9.17) is 17.7 Å². The highest BCUT2D eigenvalue weighted by molar-refractivity contribution is 6.15. The molecule has 0 aliphatic carbocycles. The molecule has 610 valence electrons. The molecule has 0 N–H and O–H groups in total. The zero-order valence-electron chi connectivity index (χ0n) is 72.4. The van der Waals surface area contributed by atoms with Gasteiger partial charge in [-0.1, -0.05) is 252 Å². The summed E-state index contributed by atoms with van der Waals surface area (Å²) in [5.41, 5.74) is 33.4. The summed E-state index contributed by atoms with van der Waals surface area (Å²) in [6.45, 7) is 31.5. The molecule has 4 aromatic heterocycles. The Morgan fingerprint density at radius 2 is 0.447 bits per heavy atom. The van der Waals surface area contributed by atoms with Gasteiger partial charge in [-0.15, -0.1) is 0 Å². The second-order valence-electron chi connectivity index (χ2n) is 34.2. The summed E-state index contributed by atoms with van der Waals surface area (Å²) in [7, 11) is 0. The lowest BCUT2D eigenvalue weighted by atomic mass is 9.91. The molecule has 0 amide bonds. The van der Waals surface area contributed by atoms with E-state index in [-0.39, 0.29) is 24.7 Å². The first-order valence-electron chi connectivity index (χ1n) is 43.5. The monoisotopic (exact) mass is 1610 g/mol. The Kier molecular flexibility index (Phi) is 19.6. The van der Waals surface area contributed by atoms with Crippen LogP contribution < -0.4 is 39.2 Å². The van der Waals surface area contributed by atoms with Crippen LogP contribution in [0.5, 0.6) is 0 Å². The molecule has 0 radical (unpaired) electrons. The van der Waals surface area contributed by atoms with Crippen LogP contribution in [-0.2, 0) is 0 Å². The standard InChI is InChI=1S/C33H34N2O.2C27H22N2O.C24H24N2O/c1-20(2)24-13-11-14-25(21(3)4)32(24)35-23(6)34(28-15-8-9-16-29(28)35)31-22(5)18-19-27-26-12-7-10-17-30(26)36-33(27)31;2*1-18-16-17-22-21-12-6-9-15-25(21)30-27(22)26(18)29-19(2)28(20-10-4-3-5-11-20)23-13-7-8-14-24(23)29;1-15(2)25-17(4)26(21-11-7-6-10-20(21)25)23-16(3)13-14-19-18-9-5-8-12-22(18)27-24(19)23/h7-21,23H,1-6H3;2*3-17,19H,1-2H3;5-15,17H,1-4H3. The number of anilines is 15. The van der Waals surface area contributed by atoms with Gasteiger partial charge in [0.2, 0.25) is 0 Å². The Morgan fingerprint density at radius 3 is 0.740 bits per heavy atom. The zero-order chi connectivity index (χ0) is 84.3. The first kappa shape index (κ1) is 77.5. The third kappa shape index (κ3) is 12.8. The highest BCUT2D eigenvalue weighted by Crippen LogP contribution is 2.57. The lowest BCUT2D eigenvalue weighted by molar-refractivity contribution is 0.603. The highest BCUT2D eigenvalue weighted by atomic mass is 16.3. The van der Waals surface area contributed by atoms with Gasteiger partial charge >= 0.3 is 0 Å². The van der Waals surface area contributed by atoms with Gasteiger partial charge in [-0.25, -0.2) is 0 Å². The van der Waals surface area contributed by atoms with Gasteiger partial charge in [0.1, 0.15) is 47.0 Å². The van der Waals surface area contributed by atoms with Gasteiger partial charge in [0.05, 0.1) is 73.9 Å². The van der Waals surface area contributed by atoms with Crippen LogP contribution in [0.15, 0.2) is 339 Å². The number of furan rings is 4. The Labute approximate surface area is 719 Å². The normalized spacial score (nSPS) is 16.0. The van der Waals surface area contributed by atoms with E-state index in [1.165, 1.54) is 118 Å². The molecule has 15 aromatic carbocycles. The first-order chi connectivity index (χ1) is 59.9. The molecule has 4 atom stereocenters. The van der Waals surface area contributed by atoms with Gasteiger partial charge in [-0.2, -0.15) is 0 Å². The number of rotatable bonds is 10. The molecule has 0 fully saturated rings. The Morgan fingerprint density at radius 1 is 0.211 bits per heavy atom. The predicted molar refractivity (Wildman–Crippen MR) is 518 cm³/mol. The number of benzene rings is 15. The Balaban J connectivity index is 0.000000105. The molecule has 23 rings (SSSR count). The largest absolute Gasteiger partial charge is 0.454 e. The van der Waals surface area contributed by atoms with E-state index in [1.807, 2.05) is 36.4 Å². The summed E-state index contributed by atoms with van der Waals surface area (Å²) in [6.07, 6.45) is 0.529. The van der Waals surface area contributed by atoms with Crippen LogP contribution in [0.1, 0.15) is 114 Å². The van der Waals surface area contributed by atoms with Crippen molar-refractivity contribution in [3.8, 4) is 0 Å². The minimum Gasteiger partial charge on any atom is -0.454 e. The third-order valence-electron chi connectivity index (χ3n) is 25.7. The second-order valence-corrected chi connectivity index (χ2v) is 34.2. The minimum absolute atomic E-state index is 0.0808. The maximum atomic E-state index is 6.54. The number of nitrogens with zero attached hydrogens (tertiary/aromatic N) is 8. The van der Waals surface area contributed by atoms with Crippen molar-refractivity contribution in [1.82, 2.24) is 0 Å². The van der Waals surface area contributed by atoms with Crippen molar-refractivity contribution in [3.63, 3.8) is 0 Å². The van der Waals surface area contributed by atoms with Crippen molar-refractivity contribution in [2.24, 2.45) is 0 Å². The second kappa shape index (κ2) is 31.2. The minimum atomic E-state index is 0.0808. The van der Waals surface area contributed by atoms with Crippen molar-refractivity contribution < 1.29 is 17.7 Å². The molecule has 0 spiro atoms. The van der Waals surface area contributed by atoms with Crippen LogP contribution in [-0.4, -0.2) is 30.7 Å². The lowest BCUT2D eigenvalue weighted by Gasteiger charge is -2.35. The molecule has 12 heteroatoms. The quantitative estimate of drug-likeness (QED) is 0.131. The van der Waals surface area contributed by atoms with Crippen LogP contribution >= 0.6 is 0 Å². The average Bonchev–Trinajstić information content (AvgIpc) is 1.58. The average molecular weight is 1610 g/mol. The maximum Gasteiger partial charge on any atom is 0.159 e. The van der Waals surface area contributed by atoms with Gasteiger partial charge in [0, 0.05) is 60.5 Å². The smallest absolute Gasteiger partial charge is 0.159 e. The number of fused-ring (bicyclic) bond motifs is 16. The molecule has 0 saturated heterocycles. The van der Waals surface area contributed by atoms with Crippen LogP contribution in [0.4, 0.5) is 85.3 Å². The molecular formula is C111H102N8O4. The van der Waals surface area contributed by atoms with Gasteiger partial charge in [0.25, 0.3) is 0 Å². The molecule has 8 heterocycles. The fraction of sp³-hybridized carbons (Fsp3) is 0.189. The zero-order valence-corrected chi connectivity index (χ0v) is 72.4. The van der Waals surface area contributed by atoms with Crippen LogP contribution in [0.25, 0.3) is 87.8 Å². The molecule has 19 aromatic rings. The molecular weight excluding hydrogens is 1510 g/mol. The summed E-state index contributed by atoms with van der Waals surface area (Å²) < 4.78 is 25.8. The molecule has 12 nitrogen and oxygen atoms in total. The third-order valence-corrected chi connectivity index (χ3v) is 25.7. The van der Waals surface area contributed by atoms with E-state index >= 15 is 0 Å². The highest BCUT2D eigenvalue weighted by Gasteiger charge is 2.43. The SMILES string of the molecule is Cc1ccc2c(oc3ccccc32)c1N1c2ccccc2N(C(C)C)C1C.Cc1ccc2c(oc3ccccc32)c1N1c2ccccc2N(c2c(C(C)C)cccc2C(C)C)C1C.Cc1ccc2c(oc3ccccc32)c1N1c2ccccc2N(c2ccccc2)C1C.Cc1ccc2c(oc3ccccc32)c1N1c2ccccc2N(c2ccccc2)C1C. The van der Waals surface area contributed by atoms with E-state index in [0.29, 0.717) is 17.9 Å². The van der Waals surface area contributed by atoms with Crippen LogP contribution in [0, 0.1) is 27.7 Å². The Hall–Kier alpha value is -14.1. The van der Waals surface area contributed by atoms with E-state index in [1.54, 1.807) is 0 Å². The molecule has 4 aliphatic heterocycles. The van der Waals surface area contributed by atoms with Crippen molar-refractivity contribution in [3.05, 3.63) is 355 Å². The molecule has 4 unspecified atom stereocenters. The predicted octanol–water partition coefficient (Wildman–Crippen LogP) is 31.4. The van der Waals surface area contributed by atoms with Crippen molar-refractivity contribution >= 4 is 173 Å². The fourth-order valence-electron chi connectivity index (χ4n) is 20.2. The van der Waals surface area contributed by atoms with Crippen LogP contribution in [0.3, 0.4) is 0 Å². The lowest BCUT2D eigenvalue weighted by Crippen LogP contribution is -2.42. The first-order valence-corrected chi connectivity index (χ1v) is 43.5. The Bertz CT molecular complexity index is 6990. The molecule has 123 heavy (non-hydrogen) atoms. The topological polar surface area (TPSA) is 78.5 Å². The summed E-state index contributed by atoms with van der Waals surface area (Å²) in [5.74, 6) is 0.848. The van der Waals surface area contributed by atoms with Crippen molar-refractivity contribution in [1.29, 1.82) is 0 Å². The number of para-hydroxylation sites is 15. The molecule has 0 saturated carbocycles. The molecule has 4 aliphatic rings. The number of hydrogen-bond donors (Lipinski definition) is 0. The van der Waals surface area contributed by atoms with Crippen molar-refractivity contribution in [2.75, 3.05) is 39.2 Å². The van der Waals surface area contributed by atoms with Gasteiger partial charge in [0.15, 0.2) is 22.3 Å². The van der Waals surface area contributed by atoms with E-state index in [0.717, 1.165) is 88.7 Å². The van der Waals surface area contributed by atoms with Crippen LogP contribution in [0.2, 0.25) is 0 Å². The number of hydrogen-bond acceptors (Lipinski definition) is 12. The van der Waals surface area contributed by atoms with Crippen molar-refractivity contribution in [2.45, 2.75) is 139 Å². The molecule has 0 bridgehead atoms. The summed E-state index contributed by atoms with van der Waals surface area (Å²) in [4.78, 5) is 19.6. The fourth-order valence-corrected chi connectivity index (χ4v) is 20.2.